The Hall–Kier alpha value is -2.49. The summed E-state index contributed by atoms with van der Waals surface area (Å²) in [5, 5.41) is 13.7. The van der Waals surface area contributed by atoms with Gasteiger partial charge in [-0.2, -0.15) is 4.39 Å². The maximum Gasteiger partial charge on any atom is 0.253 e. The molecule has 1 aromatic heterocycles. The number of phenols is 1. The highest BCUT2D eigenvalue weighted by molar-refractivity contribution is 7.85. The number of hydrogen-bond acceptors (Lipinski definition) is 4. The lowest BCUT2D eigenvalue weighted by Crippen LogP contribution is -2.23. The van der Waals surface area contributed by atoms with E-state index in [1.807, 2.05) is 0 Å². The number of nitrogens with zero attached hydrogens (tertiary/aromatic N) is 3. The predicted molar refractivity (Wildman–Crippen MR) is 81.1 cm³/mol. The van der Waals surface area contributed by atoms with Crippen LogP contribution in [0, 0.1) is 11.8 Å². The number of phenolic OH excluding ortho intramolecular Hbond substituents is 1. The SMILES string of the molecule is O=C1CN(c2c(O)ccc(-c3cn(C4CC4)nc3F)c2F)S(=O)N1. The van der Waals surface area contributed by atoms with Crippen molar-refractivity contribution in [1.82, 2.24) is 14.5 Å². The average Bonchev–Trinajstić information content (AvgIpc) is 3.22. The van der Waals surface area contributed by atoms with Crippen molar-refractivity contribution in [2.75, 3.05) is 10.8 Å². The van der Waals surface area contributed by atoms with E-state index in [9.17, 15) is 22.9 Å². The van der Waals surface area contributed by atoms with Gasteiger partial charge in [-0.1, -0.05) is 0 Å². The van der Waals surface area contributed by atoms with E-state index < -0.39 is 40.3 Å². The van der Waals surface area contributed by atoms with Crippen LogP contribution in [0.3, 0.4) is 0 Å². The van der Waals surface area contributed by atoms with Gasteiger partial charge in [-0.05, 0) is 25.0 Å². The molecule has 1 aromatic carbocycles. The van der Waals surface area contributed by atoms with Gasteiger partial charge < -0.3 is 5.11 Å². The molecule has 7 nitrogen and oxygen atoms in total. The molecular formula is C14H12F2N4O3S. The molecule has 2 N–H and O–H groups in total. The summed E-state index contributed by atoms with van der Waals surface area (Å²) >= 11 is -2.01. The minimum Gasteiger partial charge on any atom is -0.506 e. The number of carbonyl (C=O) groups excluding carboxylic acids is 1. The maximum atomic E-state index is 14.9. The number of aromatic hydroxyl groups is 1. The number of rotatable bonds is 3. The fourth-order valence-corrected chi connectivity index (χ4v) is 3.56. The molecule has 1 amide bonds. The molecule has 2 aromatic rings. The van der Waals surface area contributed by atoms with Gasteiger partial charge in [0.2, 0.25) is 17.1 Å². The third-order valence-electron chi connectivity index (χ3n) is 3.93. The van der Waals surface area contributed by atoms with Crippen molar-refractivity contribution in [3.05, 3.63) is 30.1 Å². The van der Waals surface area contributed by atoms with E-state index in [1.165, 1.54) is 23.0 Å². The molecule has 1 aliphatic heterocycles. The Labute approximate surface area is 137 Å². The summed E-state index contributed by atoms with van der Waals surface area (Å²) in [6, 6.07) is 2.52. The van der Waals surface area contributed by atoms with E-state index in [0.29, 0.717) is 0 Å². The molecule has 4 rings (SSSR count). The Kier molecular flexibility index (Phi) is 3.30. The molecule has 1 saturated heterocycles. The molecule has 1 atom stereocenters. The summed E-state index contributed by atoms with van der Waals surface area (Å²) in [6.07, 6.45) is 3.20. The third-order valence-corrected chi connectivity index (χ3v) is 5.05. The lowest BCUT2D eigenvalue weighted by atomic mass is 10.1. The van der Waals surface area contributed by atoms with Crippen LogP contribution in [0.15, 0.2) is 18.3 Å². The molecule has 1 aliphatic carbocycles. The highest BCUT2D eigenvalue weighted by atomic mass is 32.2. The quantitative estimate of drug-likeness (QED) is 0.872. The number of hydrogen-bond donors (Lipinski definition) is 2. The molecule has 0 bridgehead atoms. The topological polar surface area (TPSA) is 87.5 Å². The van der Waals surface area contributed by atoms with Gasteiger partial charge in [-0.15, -0.1) is 5.10 Å². The standard InChI is InChI=1S/C14H12F2N4O3S/c15-12-8(9-5-19(7-1-2-7)17-14(9)16)3-4-10(21)13(12)20-6-11(22)18-24(20)23/h3-5,7,21H,1-2,6H2,(H,18,22). The first-order chi connectivity index (χ1) is 11.5. The van der Waals surface area contributed by atoms with Gasteiger partial charge in [-0.3, -0.25) is 18.5 Å². The van der Waals surface area contributed by atoms with Gasteiger partial charge in [0, 0.05) is 11.8 Å². The molecule has 24 heavy (non-hydrogen) atoms. The van der Waals surface area contributed by atoms with Crippen LogP contribution in [-0.4, -0.2) is 31.5 Å². The van der Waals surface area contributed by atoms with Gasteiger partial charge in [0.15, 0.2) is 5.82 Å². The van der Waals surface area contributed by atoms with Crippen LogP contribution >= 0.6 is 0 Å². The summed E-state index contributed by atoms with van der Waals surface area (Å²) in [6.45, 7) is -0.371. The highest BCUT2D eigenvalue weighted by Crippen LogP contribution is 2.40. The predicted octanol–water partition coefficient (Wildman–Crippen LogP) is 1.38. The van der Waals surface area contributed by atoms with Gasteiger partial charge in [0.05, 0.1) is 11.6 Å². The van der Waals surface area contributed by atoms with Crippen LogP contribution in [0.1, 0.15) is 18.9 Å². The Bertz CT molecular complexity index is 881. The molecule has 2 heterocycles. The van der Waals surface area contributed by atoms with E-state index in [1.54, 1.807) is 0 Å². The van der Waals surface area contributed by atoms with Crippen molar-refractivity contribution in [2.45, 2.75) is 18.9 Å². The smallest absolute Gasteiger partial charge is 0.253 e. The Balaban J connectivity index is 1.82. The first-order valence-corrected chi connectivity index (χ1v) is 8.32. The van der Waals surface area contributed by atoms with E-state index in [2.05, 4.69) is 9.82 Å². The molecule has 10 heteroatoms. The van der Waals surface area contributed by atoms with Crippen LogP contribution in [0.2, 0.25) is 0 Å². The number of aromatic nitrogens is 2. The number of nitrogens with one attached hydrogen (secondary N) is 1. The van der Waals surface area contributed by atoms with Crippen molar-refractivity contribution in [3.8, 4) is 16.9 Å². The summed E-state index contributed by atoms with van der Waals surface area (Å²) in [5.74, 6) is -2.84. The van der Waals surface area contributed by atoms with E-state index in [-0.39, 0.29) is 23.7 Å². The normalized spacial score (nSPS) is 20.5. The van der Waals surface area contributed by atoms with Crippen molar-refractivity contribution in [1.29, 1.82) is 0 Å². The Morgan fingerprint density at radius 2 is 2.04 bits per heavy atom. The van der Waals surface area contributed by atoms with Gasteiger partial charge >= 0.3 is 0 Å². The second-order valence-electron chi connectivity index (χ2n) is 5.65. The molecule has 0 spiro atoms. The van der Waals surface area contributed by atoms with Gasteiger partial charge in [0.1, 0.15) is 18.0 Å². The zero-order chi connectivity index (χ0) is 17.0. The Morgan fingerprint density at radius 1 is 1.29 bits per heavy atom. The van der Waals surface area contributed by atoms with Crippen LogP contribution in [-0.2, 0) is 16.0 Å². The van der Waals surface area contributed by atoms with E-state index in [4.69, 9.17) is 0 Å². The number of halogens is 2. The lowest BCUT2D eigenvalue weighted by Gasteiger charge is -2.17. The van der Waals surface area contributed by atoms with Crippen LogP contribution in [0.5, 0.6) is 5.75 Å². The maximum absolute atomic E-state index is 14.9. The van der Waals surface area contributed by atoms with E-state index in [0.717, 1.165) is 17.1 Å². The minimum atomic E-state index is -2.01. The van der Waals surface area contributed by atoms with Gasteiger partial charge in [0.25, 0.3) is 5.91 Å². The fraction of sp³-hybridized carbons (Fsp3) is 0.286. The monoisotopic (exact) mass is 354 g/mol. The zero-order valence-corrected chi connectivity index (χ0v) is 13.0. The molecular weight excluding hydrogens is 342 g/mol. The van der Waals surface area contributed by atoms with Crippen LogP contribution in [0.4, 0.5) is 14.5 Å². The van der Waals surface area contributed by atoms with Crippen LogP contribution < -0.4 is 9.03 Å². The van der Waals surface area contributed by atoms with Gasteiger partial charge in [-0.25, -0.2) is 8.60 Å². The van der Waals surface area contributed by atoms with E-state index >= 15 is 0 Å². The molecule has 126 valence electrons. The number of benzene rings is 1. The van der Waals surface area contributed by atoms with Crippen molar-refractivity contribution < 1.29 is 22.9 Å². The summed E-state index contributed by atoms with van der Waals surface area (Å²) in [5.41, 5.74) is -0.587. The largest absolute Gasteiger partial charge is 0.506 e. The summed E-state index contributed by atoms with van der Waals surface area (Å²) < 4.78 is 45.3. The van der Waals surface area contributed by atoms with Crippen molar-refractivity contribution in [2.24, 2.45) is 0 Å². The summed E-state index contributed by atoms with van der Waals surface area (Å²) in [7, 11) is 0. The van der Waals surface area contributed by atoms with Crippen molar-refractivity contribution in [3.63, 3.8) is 0 Å². The lowest BCUT2D eigenvalue weighted by molar-refractivity contribution is -0.117. The minimum absolute atomic E-state index is 0.0510. The highest BCUT2D eigenvalue weighted by Gasteiger charge is 2.33. The number of amides is 1. The number of carbonyl (C=O) groups is 1. The Morgan fingerprint density at radius 3 is 2.67 bits per heavy atom. The fourth-order valence-electron chi connectivity index (χ4n) is 2.61. The van der Waals surface area contributed by atoms with Crippen LogP contribution in [0.25, 0.3) is 11.1 Å². The second-order valence-corrected chi connectivity index (χ2v) is 6.79. The second kappa shape index (κ2) is 5.26. The van der Waals surface area contributed by atoms with Crippen molar-refractivity contribution >= 4 is 22.8 Å². The average molecular weight is 354 g/mol. The molecule has 2 fully saturated rings. The first-order valence-electron chi connectivity index (χ1n) is 7.21. The molecule has 2 aliphatic rings. The first kappa shape index (κ1) is 15.1. The molecule has 0 radical (unpaired) electrons. The molecule has 1 unspecified atom stereocenters. The summed E-state index contributed by atoms with van der Waals surface area (Å²) in [4.78, 5) is 11.3. The molecule has 1 saturated carbocycles. The third kappa shape index (κ3) is 2.33. The zero-order valence-electron chi connectivity index (χ0n) is 12.2. The number of anilines is 1.